The van der Waals surface area contributed by atoms with Gasteiger partial charge in [-0.1, -0.05) is 48.0 Å². The first kappa shape index (κ1) is 29.1. The Labute approximate surface area is 229 Å². The third kappa shape index (κ3) is 6.12. The van der Waals surface area contributed by atoms with Crippen LogP contribution in [-0.4, -0.2) is 10.9 Å². The highest BCUT2D eigenvalue weighted by atomic mass is 35.5. The molecule has 0 aliphatic heterocycles. The average Bonchev–Trinajstić information content (AvgIpc) is 2.88. The first-order valence-electron chi connectivity index (χ1n) is 11.7. The molecule has 1 heterocycles. The van der Waals surface area contributed by atoms with Crippen molar-refractivity contribution in [1.29, 1.82) is 0 Å². The van der Waals surface area contributed by atoms with Crippen LogP contribution in [0.25, 0.3) is 0 Å². The Bertz CT molecular complexity index is 1520. The van der Waals surface area contributed by atoms with Crippen molar-refractivity contribution < 1.29 is 35.5 Å². The van der Waals surface area contributed by atoms with Crippen molar-refractivity contribution in [2.45, 2.75) is 31.2 Å². The third-order valence-electron chi connectivity index (χ3n) is 6.36. The van der Waals surface area contributed by atoms with Gasteiger partial charge in [0.2, 0.25) is 0 Å². The Morgan fingerprint density at radius 3 is 2.15 bits per heavy atom. The van der Waals surface area contributed by atoms with E-state index in [9.17, 15) is 35.5 Å². The fraction of sp³-hybridized carbons (Fsp3) is 0.172. The lowest BCUT2D eigenvalue weighted by molar-refractivity contribution is -0.140. The summed E-state index contributed by atoms with van der Waals surface area (Å²) in [5, 5.41) is 2.87. The van der Waals surface area contributed by atoms with E-state index in [1.165, 1.54) is 31.3 Å². The molecule has 0 bridgehead atoms. The number of halogens is 8. The molecule has 0 aliphatic carbocycles. The van der Waals surface area contributed by atoms with Gasteiger partial charge in [-0.15, -0.1) is 0 Å². The van der Waals surface area contributed by atoms with Gasteiger partial charge < -0.3 is 5.32 Å². The molecule has 11 heteroatoms. The maximum Gasteiger partial charge on any atom is 0.419 e. The highest BCUT2D eigenvalue weighted by Crippen LogP contribution is 2.39. The normalized spacial score (nSPS) is 13.5. The minimum Gasteiger partial charge on any atom is -0.337 e. The van der Waals surface area contributed by atoms with E-state index in [0.29, 0.717) is 23.3 Å². The average molecular weight is 581 g/mol. The van der Waals surface area contributed by atoms with Gasteiger partial charge in [0.05, 0.1) is 21.8 Å². The first-order chi connectivity index (χ1) is 18.7. The molecule has 4 rings (SSSR count). The van der Waals surface area contributed by atoms with Crippen LogP contribution in [-0.2, 0) is 24.3 Å². The second-order valence-corrected chi connectivity index (χ2v) is 9.54. The van der Waals surface area contributed by atoms with E-state index in [1.807, 2.05) is 0 Å². The fourth-order valence-electron chi connectivity index (χ4n) is 4.44. The molecule has 1 aromatic heterocycles. The lowest BCUT2D eigenvalue weighted by atomic mass is 9.77. The van der Waals surface area contributed by atoms with Crippen LogP contribution in [0.3, 0.4) is 0 Å². The lowest BCUT2D eigenvalue weighted by Crippen LogP contribution is -2.49. The van der Waals surface area contributed by atoms with Crippen molar-refractivity contribution in [3.63, 3.8) is 0 Å². The van der Waals surface area contributed by atoms with Gasteiger partial charge in [0.15, 0.2) is 0 Å². The van der Waals surface area contributed by atoms with Crippen molar-refractivity contribution in [3.8, 4) is 0 Å². The zero-order chi connectivity index (χ0) is 29.3. The van der Waals surface area contributed by atoms with Crippen molar-refractivity contribution in [2.75, 3.05) is 0 Å². The first-order valence-corrected chi connectivity index (χ1v) is 12.1. The molecular weight excluding hydrogens is 561 g/mol. The van der Waals surface area contributed by atoms with Gasteiger partial charge >= 0.3 is 12.4 Å². The monoisotopic (exact) mass is 580 g/mol. The Balaban J connectivity index is 1.99. The molecule has 0 saturated heterocycles. The van der Waals surface area contributed by atoms with Crippen LogP contribution < -0.4 is 5.32 Å². The smallest absolute Gasteiger partial charge is 0.337 e. The molecule has 0 spiro atoms. The van der Waals surface area contributed by atoms with E-state index in [4.69, 9.17) is 11.6 Å². The molecule has 208 valence electrons. The van der Waals surface area contributed by atoms with Gasteiger partial charge in [-0.05, 0) is 66.1 Å². The number of nitrogens with one attached hydrogen (secondary N) is 1. The summed E-state index contributed by atoms with van der Waals surface area (Å²) in [6, 6.07) is 16.0. The largest absolute Gasteiger partial charge is 0.419 e. The van der Waals surface area contributed by atoms with Gasteiger partial charge in [-0.25, -0.2) is 4.39 Å². The highest BCUT2D eigenvalue weighted by molar-refractivity contribution is 6.30. The molecule has 0 radical (unpaired) electrons. The maximum atomic E-state index is 14.0. The molecular formula is C29H20ClF7N2O. The Kier molecular flexibility index (Phi) is 7.94. The fourth-order valence-corrected chi connectivity index (χ4v) is 4.55. The molecule has 0 unspecified atom stereocenters. The van der Waals surface area contributed by atoms with Crippen LogP contribution in [0.2, 0.25) is 5.02 Å². The topological polar surface area (TPSA) is 42.0 Å². The molecule has 4 aromatic rings. The van der Waals surface area contributed by atoms with Crippen LogP contribution in [0, 0.1) is 12.7 Å². The number of pyridine rings is 1. The number of nitrogens with zero attached hydrogens (tertiary/aromatic N) is 1. The zero-order valence-corrected chi connectivity index (χ0v) is 21.4. The standard InChI is InChI=1S/C29H20ClF7N2O/c1-17-7-9-20(28(32,33)34)14-22(17)27(15-18-5-3-2-4-6-18,25-12-10-21(30)16-38-25)39-26(40)19-8-11-24(31)23(13-19)29(35,36)37/h2-14,16H,15H2,1H3,(H,39,40)/t27-/m0/s1. The molecule has 3 aromatic carbocycles. The number of benzene rings is 3. The van der Waals surface area contributed by atoms with Crippen LogP contribution in [0.4, 0.5) is 30.7 Å². The number of hydrogen-bond acceptors (Lipinski definition) is 2. The van der Waals surface area contributed by atoms with Crippen LogP contribution in [0.1, 0.15) is 43.9 Å². The number of alkyl halides is 6. The quantitative estimate of drug-likeness (QED) is 0.234. The molecule has 1 amide bonds. The molecule has 40 heavy (non-hydrogen) atoms. The Morgan fingerprint density at radius 2 is 1.55 bits per heavy atom. The number of amides is 1. The van der Waals surface area contributed by atoms with Gasteiger partial charge in [0.1, 0.15) is 11.4 Å². The van der Waals surface area contributed by atoms with Gasteiger partial charge in [-0.3, -0.25) is 9.78 Å². The second kappa shape index (κ2) is 10.9. The van der Waals surface area contributed by atoms with Gasteiger partial charge in [0, 0.05) is 18.2 Å². The summed E-state index contributed by atoms with van der Waals surface area (Å²) in [6.07, 6.45) is -8.72. The number of rotatable bonds is 6. The van der Waals surface area contributed by atoms with E-state index in [-0.39, 0.29) is 22.7 Å². The molecule has 1 atom stereocenters. The van der Waals surface area contributed by atoms with E-state index < -0.39 is 46.3 Å². The van der Waals surface area contributed by atoms with Crippen molar-refractivity contribution in [3.05, 3.63) is 135 Å². The second-order valence-electron chi connectivity index (χ2n) is 9.10. The molecule has 0 saturated carbocycles. The number of aromatic nitrogens is 1. The van der Waals surface area contributed by atoms with Crippen molar-refractivity contribution in [1.82, 2.24) is 10.3 Å². The predicted molar refractivity (Wildman–Crippen MR) is 135 cm³/mol. The Morgan fingerprint density at radius 1 is 0.850 bits per heavy atom. The Hall–Kier alpha value is -3.92. The molecule has 1 N–H and O–H groups in total. The number of carbonyl (C=O) groups is 1. The van der Waals surface area contributed by atoms with Gasteiger partial charge in [-0.2, -0.15) is 26.3 Å². The minimum atomic E-state index is -5.09. The third-order valence-corrected chi connectivity index (χ3v) is 6.59. The van der Waals surface area contributed by atoms with Gasteiger partial charge in [0.25, 0.3) is 5.91 Å². The number of hydrogen-bond donors (Lipinski definition) is 1. The summed E-state index contributed by atoms with van der Waals surface area (Å²) < 4.78 is 95.6. The summed E-state index contributed by atoms with van der Waals surface area (Å²) in [5.74, 6) is -2.66. The number of carbonyl (C=O) groups excluding carboxylic acids is 1. The van der Waals surface area contributed by atoms with Crippen molar-refractivity contribution >= 4 is 17.5 Å². The molecule has 0 aliphatic rings. The maximum absolute atomic E-state index is 14.0. The van der Waals surface area contributed by atoms with E-state index in [1.54, 1.807) is 30.3 Å². The predicted octanol–water partition coefficient (Wildman–Crippen LogP) is 8.14. The summed E-state index contributed by atoms with van der Waals surface area (Å²) in [6.45, 7) is 1.54. The lowest BCUT2D eigenvalue weighted by Gasteiger charge is -2.37. The summed E-state index contributed by atoms with van der Waals surface area (Å²) >= 11 is 6.02. The SMILES string of the molecule is Cc1ccc(C(F)(F)F)cc1[C@](Cc1ccccc1)(NC(=O)c1ccc(F)c(C(F)(F)F)c1)c1ccc(Cl)cn1. The number of aryl methyl sites for hydroxylation is 1. The van der Waals surface area contributed by atoms with Crippen LogP contribution in [0.5, 0.6) is 0 Å². The zero-order valence-electron chi connectivity index (χ0n) is 20.7. The highest BCUT2D eigenvalue weighted by Gasteiger charge is 2.42. The van der Waals surface area contributed by atoms with Crippen LogP contribution in [0.15, 0.2) is 85.1 Å². The van der Waals surface area contributed by atoms with Crippen molar-refractivity contribution in [2.24, 2.45) is 0 Å². The molecule has 0 fully saturated rings. The summed E-state index contributed by atoms with van der Waals surface area (Å²) in [5.41, 5.74) is -4.03. The summed E-state index contributed by atoms with van der Waals surface area (Å²) in [4.78, 5) is 17.9. The summed E-state index contributed by atoms with van der Waals surface area (Å²) in [7, 11) is 0. The van der Waals surface area contributed by atoms with E-state index in [2.05, 4.69) is 10.3 Å². The van der Waals surface area contributed by atoms with E-state index >= 15 is 0 Å². The molecule has 3 nitrogen and oxygen atoms in total. The van der Waals surface area contributed by atoms with E-state index in [0.717, 1.165) is 18.2 Å². The van der Waals surface area contributed by atoms with Crippen LogP contribution >= 0.6 is 11.6 Å². The minimum absolute atomic E-state index is 0.00695.